The molecule has 3 atom stereocenters. The summed E-state index contributed by atoms with van der Waals surface area (Å²) in [5, 5.41) is 0.928. The Kier molecular flexibility index (Phi) is 3.30. The van der Waals surface area contributed by atoms with Crippen LogP contribution in [0.3, 0.4) is 0 Å². The molecule has 0 radical (unpaired) electrons. The summed E-state index contributed by atoms with van der Waals surface area (Å²) >= 11 is 6.39. The van der Waals surface area contributed by atoms with Crippen LogP contribution in [0, 0.1) is 11.8 Å². The Balaban J connectivity index is 1.99. The molecular weight excluding hydrogens is 240 g/mol. The lowest BCUT2D eigenvalue weighted by Crippen LogP contribution is -2.11. The first-order chi connectivity index (χ1) is 8.75. The monoisotopic (exact) mass is 258 g/mol. The normalized spacial score (nSPS) is 30.8. The minimum Gasteiger partial charge on any atom is -0.0840 e. The number of halogens is 1. The first-order valence-corrected chi connectivity index (χ1v) is 7.23. The fourth-order valence-corrected chi connectivity index (χ4v) is 3.81. The van der Waals surface area contributed by atoms with Crippen molar-refractivity contribution in [3.05, 3.63) is 58.7 Å². The lowest BCUT2D eigenvalue weighted by Gasteiger charge is -2.24. The topological polar surface area (TPSA) is 0 Å². The molecule has 3 unspecified atom stereocenters. The van der Waals surface area contributed by atoms with Gasteiger partial charge in [0.05, 0.1) is 0 Å². The van der Waals surface area contributed by atoms with Crippen molar-refractivity contribution in [3.63, 3.8) is 0 Å². The Hall–Kier alpha value is -1.01. The average Bonchev–Trinajstić information content (AvgIpc) is 2.62. The van der Waals surface area contributed by atoms with Crippen molar-refractivity contribution in [2.75, 3.05) is 0 Å². The summed E-state index contributed by atoms with van der Waals surface area (Å²) in [5.74, 6) is 2.07. The second-order valence-corrected chi connectivity index (χ2v) is 6.09. The Morgan fingerprint density at radius 2 is 2.00 bits per heavy atom. The maximum Gasteiger partial charge on any atom is 0.0441 e. The van der Waals surface area contributed by atoms with Crippen molar-refractivity contribution in [2.45, 2.75) is 32.1 Å². The van der Waals surface area contributed by atoms with E-state index in [0.29, 0.717) is 11.8 Å². The molecule has 2 aliphatic carbocycles. The van der Waals surface area contributed by atoms with Crippen molar-refractivity contribution < 1.29 is 0 Å². The Morgan fingerprint density at radius 1 is 1.17 bits per heavy atom. The number of hydrogen-bond acceptors (Lipinski definition) is 0. The number of benzene rings is 1. The highest BCUT2D eigenvalue weighted by molar-refractivity contribution is 6.31. The fourth-order valence-electron chi connectivity index (χ4n) is 3.54. The summed E-state index contributed by atoms with van der Waals surface area (Å²) in [6.07, 6.45) is 10.5. The van der Waals surface area contributed by atoms with E-state index < -0.39 is 0 Å². The molecule has 1 aromatic rings. The van der Waals surface area contributed by atoms with Gasteiger partial charge in [0.15, 0.2) is 0 Å². The second kappa shape index (κ2) is 4.93. The predicted octanol–water partition coefficient (Wildman–Crippen LogP) is 5.36. The third-order valence-corrected chi connectivity index (χ3v) is 4.69. The number of rotatable bonds is 1. The molecule has 1 saturated carbocycles. The SMILES string of the molecule is CC1CC2=CC=CCC(c3ccccc3Cl)C2C1. The van der Waals surface area contributed by atoms with Crippen LogP contribution in [0.1, 0.15) is 37.7 Å². The van der Waals surface area contributed by atoms with E-state index in [-0.39, 0.29) is 0 Å². The lowest BCUT2D eigenvalue weighted by atomic mass is 9.81. The molecule has 0 saturated heterocycles. The summed E-state index contributed by atoms with van der Waals surface area (Å²) in [6, 6.07) is 8.35. The molecule has 0 N–H and O–H groups in total. The molecule has 1 fully saturated rings. The average molecular weight is 259 g/mol. The maximum atomic E-state index is 6.39. The highest BCUT2D eigenvalue weighted by Gasteiger charge is 2.34. The Labute approximate surface area is 114 Å². The van der Waals surface area contributed by atoms with Crippen LogP contribution in [0.5, 0.6) is 0 Å². The molecule has 18 heavy (non-hydrogen) atoms. The van der Waals surface area contributed by atoms with Gasteiger partial charge in [-0.05, 0) is 48.6 Å². The summed E-state index contributed by atoms with van der Waals surface area (Å²) < 4.78 is 0. The molecule has 0 amide bonds. The molecule has 0 nitrogen and oxygen atoms in total. The molecule has 0 bridgehead atoms. The van der Waals surface area contributed by atoms with Crippen molar-refractivity contribution in [1.29, 1.82) is 0 Å². The van der Waals surface area contributed by atoms with E-state index >= 15 is 0 Å². The van der Waals surface area contributed by atoms with E-state index in [9.17, 15) is 0 Å². The van der Waals surface area contributed by atoms with Gasteiger partial charge >= 0.3 is 0 Å². The van der Waals surface area contributed by atoms with Gasteiger partial charge in [0.1, 0.15) is 0 Å². The Bertz CT molecular complexity index is 498. The largest absolute Gasteiger partial charge is 0.0840 e. The van der Waals surface area contributed by atoms with E-state index in [0.717, 1.165) is 17.4 Å². The standard InChI is InChI=1S/C17H19Cl/c1-12-10-13-6-2-3-7-14(16(13)11-12)15-8-4-5-9-17(15)18/h2-6,8-9,12,14,16H,7,10-11H2,1H3. The molecule has 0 aromatic heterocycles. The van der Waals surface area contributed by atoms with Crippen molar-refractivity contribution in [1.82, 2.24) is 0 Å². The molecule has 0 spiro atoms. The van der Waals surface area contributed by atoms with Crippen molar-refractivity contribution >= 4 is 11.6 Å². The summed E-state index contributed by atoms with van der Waals surface area (Å²) in [4.78, 5) is 0. The van der Waals surface area contributed by atoms with Gasteiger partial charge in [-0.1, -0.05) is 60.5 Å². The van der Waals surface area contributed by atoms with Crippen LogP contribution >= 0.6 is 11.6 Å². The van der Waals surface area contributed by atoms with E-state index in [1.165, 1.54) is 18.4 Å². The predicted molar refractivity (Wildman–Crippen MR) is 77.9 cm³/mol. The summed E-state index contributed by atoms with van der Waals surface area (Å²) in [7, 11) is 0. The minimum absolute atomic E-state index is 0.564. The van der Waals surface area contributed by atoms with Gasteiger partial charge in [0.2, 0.25) is 0 Å². The van der Waals surface area contributed by atoms with Gasteiger partial charge in [-0.3, -0.25) is 0 Å². The highest BCUT2D eigenvalue weighted by Crippen LogP contribution is 2.47. The minimum atomic E-state index is 0.564. The van der Waals surface area contributed by atoms with Crippen LogP contribution in [0.15, 0.2) is 48.1 Å². The molecule has 2 aliphatic rings. The first kappa shape index (κ1) is 12.0. The van der Waals surface area contributed by atoms with E-state index in [1.807, 2.05) is 12.1 Å². The van der Waals surface area contributed by atoms with Gasteiger partial charge in [-0.15, -0.1) is 0 Å². The second-order valence-electron chi connectivity index (χ2n) is 5.68. The third-order valence-electron chi connectivity index (χ3n) is 4.34. The van der Waals surface area contributed by atoms with Crippen LogP contribution in [0.25, 0.3) is 0 Å². The zero-order valence-electron chi connectivity index (χ0n) is 10.8. The van der Waals surface area contributed by atoms with Crippen LogP contribution < -0.4 is 0 Å². The summed E-state index contributed by atoms with van der Waals surface area (Å²) in [6.45, 7) is 2.36. The van der Waals surface area contributed by atoms with Crippen LogP contribution in [0.4, 0.5) is 0 Å². The number of allylic oxidation sites excluding steroid dienone is 4. The molecule has 3 rings (SSSR count). The van der Waals surface area contributed by atoms with Gasteiger partial charge in [0.25, 0.3) is 0 Å². The smallest absolute Gasteiger partial charge is 0.0441 e. The lowest BCUT2D eigenvalue weighted by molar-refractivity contribution is 0.459. The molecule has 0 heterocycles. The molecule has 0 aliphatic heterocycles. The van der Waals surface area contributed by atoms with E-state index in [1.54, 1.807) is 5.57 Å². The quantitative estimate of drug-likeness (QED) is 0.636. The van der Waals surface area contributed by atoms with Gasteiger partial charge in [0, 0.05) is 5.02 Å². The number of hydrogen-bond donors (Lipinski definition) is 0. The zero-order chi connectivity index (χ0) is 12.5. The van der Waals surface area contributed by atoms with Crippen molar-refractivity contribution in [2.24, 2.45) is 11.8 Å². The van der Waals surface area contributed by atoms with Gasteiger partial charge < -0.3 is 0 Å². The zero-order valence-corrected chi connectivity index (χ0v) is 11.5. The highest BCUT2D eigenvalue weighted by atomic mass is 35.5. The summed E-state index contributed by atoms with van der Waals surface area (Å²) in [5.41, 5.74) is 2.96. The van der Waals surface area contributed by atoms with Gasteiger partial charge in [-0.25, -0.2) is 0 Å². The van der Waals surface area contributed by atoms with Crippen LogP contribution in [-0.4, -0.2) is 0 Å². The fraction of sp³-hybridized carbons (Fsp3) is 0.412. The van der Waals surface area contributed by atoms with Gasteiger partial charge in [-0.2, -0.15) is 0 Å². The van der Waals surface area contributed by atoms with E-state index in [4.69, 9.17) is 11.6 Å². The third kappa shape index (κ3) is 2.14. The number of fused-ring (bicyclic) bond motifs is 1. The maximum absolute atomic E-state index is 6.39. The van der Waals surface area contributed by atoms with Crippen LogP contribution in [-0.2, 0) is 0 Å². The first-order valence-electron chi connectivity index (χ1n) is 6.85. The molecular formula is C17H19Cl. The van der Waals surface area contributed by atoms with Crippen LogP contribution in [0.2, 0.25) is 5.02 Å². The van der Waals surface area contributed by atoms with E-state index in [2.05, 4.69) is 37.3 Å². The molecule has 94 valence electrons. The molecule has 1 aromatic carbocycles. The Morgan fingerprint density at radius 3 is 2.83 bits per heavy atom. The van der Waals surface area contributed by atoms with Crippen molar-refractivity contribution in [3.8, 4) is 0 Å². The molecule has 1 heteroatoms.